The van der Waals surface area contributed by atoms with Crippen LogP contribution in [-0.4, -0.2) is 33.4 Å². The number of aliphatic carboxylic acids is 1. The Morgan fingerprint density at radius 3 is 2.33 bits per heavy atom. The summed E-state index contributed by atoms with van der Waals surface area (Å²) in [6.07, 6.45) is 0.966. The highest BCUT2D eigenvalue weighted by Crippen LogP contribution is 2.55. The van der Waals surface area contributed by atoms with Crippen molar-refractivity contribution in [1.82, 2.24) is 4.98 Å². The second-order valence-corrected chi connectivity index (χ2v) is 10.1. The smallest absolute Gasteiger partial charge is 0.326 e. The monoisotopic (exact) mass is 471 g/mol. The number of carboxylic acids is 1. The number of carbonyl (C=O) groups is 1. The second-order valence-electron chi connectivity index (χ2n) is 8.31. The third-order valence-corrected chi connectivity index (χ3v) is 7.93. The van der Waals surface area contributed by atoms with Gasteiger partial charge in [0.15, 0.2) is 5.16 Å². The van der Waals surface area contributed by atoms with Crippen molar-refractivity contribution in [1.29, 1.82) is 0 Å². The Morgan fingerprint density at radius 2 is 1.82 bits per heavy atom. The van der Waals surface area contributed by atoms with Crippen molar-refractivity contribution in [3.63, 3.8) is 0 Å². The van der Waals surface area contributed by atoms with E-state index in [1.54, 1.807) is 24.3 Å². The summed E-state index contributed by atoms with van der Waals surface area (Å²) in [6, 6.07) is 12.9. The third kappa shape index (κ3) is 3.90. The van der Waals surface area contributed by atoms with Gasteiger partial charge in [0.05, 0.1) is 11.2 Å². The maximum atomic E-state index is 13.8. The van der Waals surface area contributed by atoms with Gasteiger partial charge < -0.3 is 14.7 Å². The first kappa shape index (κ1) is 24.8. The number of carboxylic acid groups (broad SMARTS) is 1. The molecule has 3 rings (SSSR count). The maximum Gasteiger partial charge on any atom is 0.326 e. The van der Waals surface area contributed by atoms with Crippen LogP contribution in [0.1, 0.15) is 37.9 Å². The van der Waals surface area contributed by atoms with Crippen molar-refractivity contribution in [3.05, 3.63) is 78.3 Å². The highest BCUT2D eigenvalue weighted by molar-refractivity contribution is 7.43. The van der Waals surface area contributed by atoms with Gasteiger partial charge in [0, 0.05) is 18.1 Å². The highest BCUT2D eigenvalue weighted by atomic mass is 31.1. The lowest BCUT2D eigenvalue weighted by Crippen LogP contribution is -2.52. The van der Waals surface area contributed by atoms with Crippen LogP contribution in [0, 0.1) is 5.82 Å². The summed E-state index contributed by atoms with van der Waals surface area (Å²) in [5.74, 6) is -2.22. The lowest BCUT2D eigenvalue weighted by Gasteiger charge is -2.41. The molecule has 0 saturated carbocycles. The number of rotatable bonds is 8. The van der Waals surface area contributed by atoms with Gasteiger partial charge in [-0.05, 0) is 42.2 Å². The first-order chi connectivity index (χ1) is 15.5. The molecule has 3 aromatic rings. The molecule has 3 unspecified atom stereocenters. The van der Waals surface area contributed by atoms with Gasteiger partial charge in [-0.1, -0.05) is 50.3 Å². The molecule has 0 aliphatic heterocycles. The highest BCUT2D eigenvalue weighted by Gasteiger charge is 2.59. The van der Waals surface area contributed by atoms with E-state index < -0.39 is 30.6 Å². The second kappa shape index (κ2) is 9.18. The van der Waals surface area contributed by atoms with E-state index in [1.165, 1.54) is 19.1 Å². The fourth-order valence-corrected chi connectivity index (χ4v) is 5.47. The Balaban J connectivity index is 2.59. The molecule has 0 spiro atoms. The molecule has 8 heteroatoms. The van der Waals surface area contributed by atoms with E-state index in [-0.39, 0.29) is 11.5 Å². The van der Waals surface area contributed by atoms with Crippen LogP contribution in [0.4, 0.5) is 4.39 Å². The molecule has 0 amide bonds. The van der Waals surface area contributed by atoms with Crippen LogP contribution in [0.25, 0.3) is 22.0 Å². The number of hydrogen-bond donors (Lipinski definition) is 2. The van der Waals surface area contributed by atoms with E-state index in [2.05, 4.69) is 6.58 Å². The van der Waals surface area contributed by atoms with E-state index in [1.807, 2.05) is 26.0 Å². The van der Waals surface area contributed by atoms with Crippen LogP contribution >= 0.6 is 8.03 Å². The average Bonchev–Trinajstić information content (AvgIpc) is 2.78. The summed E-state index contributed by atoms with van der Waals surface area (Å²) < 4.78 is 31.8. The van der Waals surface area contributed by atoms with Crippen LogP contribution in [0.3, 0.4) is 0 Å². The number of nitrogens with zero attached hydrogens (tertiary/aromatic N) is 1. The molecule has 0 bridgehead atoms. The fraction of sp³-hybridized carbons (Fsp3) is 0.280. The molecule has 6 nitrogen and oxygen atoms in total. The van der Waals surface area contributed by atoms with E-state index in [0.717, 1.165) is 13.2 Å². The molecule has 3 atom stereocenters. The van der Waals surface area contributed by atoms with Crippen LogP contribution in [0.2, 0.25) is 0 Å². The van der Waals surface area contributed by atoms with E-state index in [4.69, 9.17) is 9.51 Å². The topological polar surface area (TPSA) is 96.7 Å². The number of para-hydroxylation sites is 1. The summed E-state index contributed by atoms with van der Waals surface area (Å²) in [5, 5.41) is 20.5. The molecule has 2 aromatic carbocycles. The van der Waals surface area contributed by atoms with Crippen LogP contribution in [0.15, 0.2) is 61.2 Å². The minimum Gasteiger partial charge on any atom is -0.480 e. The fourth-order valence-electron chi connectivity index (χ4n) is 4.28. The average molecular weight is 471 g/mol. The third-order valence-electron chi connectivity index (χ3n) is 6.01. The van der Waals surface area contributed by atoms with Gasteiger partial charge in [-0.15, -0.1) is 6.58 Å². The van der Waals surface area contributed by atoms with Gasteiger partial charge in [0.1, 0.15) is 11.4 Å². The minimum atomic E-state index is -3.39. The first-order valence-electron chi connectivity index (χ1n) is 10.4. The molecular weight excluding hydrogens is 444 g/mol. The van der Waals surface area contributed by atoms with Gasteiger partial charge in [0.2, 0.25) is 8.03 Å². The standard InChI is InChI=1S/C25H27FNO5P/c1-6-25(23(28)29,33(31)32-5)24(4,30)21-20(16-11-13-17(26)14-12-16)18-9-7-8-10-19(18)27-22(21)15(2)3/h6-15,30,33H,1H2,2-5H3,(H,28,29). The molecule has 0 aliphatic rings. The molecule has 0 radical (unpaired) electrons. The first-order valence-corrected chi connectivity index (χ1v) is 11.7. The number of aliphatic hydroxyl groups is 1. The van der Waals surface area contributed by atoms with Crippen LogP contribution in [-0.2, 0) is 19.5 Å². The molecule has 0 fully saturated rings. The zero-order valence-electron chi connectivity index (χ0n) is 18.9. The van der Waals surface area contributed by atoms with Gasteiger partial charge >= 0.3 is 5.97 Å². The van der Waals surface area contributed by atoms with Crippen molar-refractivity contribution in [2.24, 2.45) is 0 Å². The van der Waals surface area contributed by atoms with Crippen molar-refractivity contribution < 1.29 is 28.5 Å². The van der Waals surface area contributed by atoms with E-state index in [0.29, 0.717) is 27.7 Å². The Labute approximate surface area is 192 Å². The molecular formula is C25H27FNO5P. The molecule has 1 heterocycles. The maximum absolute atomic E-state index is 13.8. The minimum absolute atomic E-state index is 0.181. The Morgan fingerprint density at radius 1 is 1.21 bits per heavy atom. The molecule has 0 aliphatic carbocycles. The number of benzene rings is 2. The summed E-state index contributed by atoms with van der Waals surface area (Å²) >= 11 is 0. The summed E-state index contributed by atoms with van der Waals surface area (Å²) in [7, 11) is -2.26. The largest absolute Gasteiger partial charge is 0.480 e. The lowest BCUT2D eigenvalue weighted by molar-refractivity contribution is -0.146. The zero-order valence-corrected chi connectivity index (χ0v) is 19.9. The number of fused-ring (bicyclic) bond motifs is 1. The van der Waals surface area contributed by atoms with Gasteiger partial charge in [0.25, 0.3) is 0 Å². The normalized spacial score (nSPS) is 16.2. The summed E-state index contributed by atoms with van der Waals surface area (Å²) in [5.41, 5.74) is 0.00342. The lowest BCUT2D eigenvalue weighted by atomic mass is 9.75. The van der Waals surface area contributed by atoms with Gasteiger partial charge in [-0.25, -0.2) is 4.39 Å². The molecule has 1 aromatic heterocycles. The molecule has 2 N–H and O–H groups in total. The van der Waals surface area contributed by atoms with Crippen molar-refractivity contribution in [2.75, 3.05) is 7.11 Å². The SMILES string of the molecule is C=CC(C(=O)O)([PH](=O)OC)C(C)(O)c1c(C(C)C)nc2ccccc2c1-c1ccc(F)cc1. The quantitative estimate of drug-likeness (QED) is 0.333. The van der Waals surface area contributed by atoms with Crippen molar-refractivity contribution >= 4 is 24.9 Å². The van der Waals surface area contributed by atoms with Crippen molar-refractivity contribution in [2.45, 2.75) is 37.4 Å². The van der Waals surface area contributed by atoms with E-state index in [9.17, 15) is 24.0 Å². The summed E-state index contributed by atoms with van der Waals surface area (Å²) in [4.78, 5) is 17.3. The number of pyridine rings is 1. The Kier molecular flexibility index (Phi) is 6.89. The number of halogens is 1. The van der Waals surface area contributed by atoms with Crippen LogP contribution < -0.4 is 0 Å². The van der Waals surface area contributed by atoms with Gasteiger partial charge in [-0.3, -0.25) is 14.3 Å². The molecule has 33 heavy (non-hydrogen) atoms. The zero-order chi connectivity index (χ0) is 24.6. The van der Waals surface area contributed by atoms with E-state index >= 15 is 0 Å². The van der Waals surface area contributed by atoms with Gasteiger partial charge in [-0.2, -0.15) is 0 Å². The number of hydrogen-bond acceptors (Lipinski definition) is 5. The molecule has 0 saturated heterocycles. The van der Waals surface area contributed by atoms with Crippen molar-refractivity contribution in [3.8, 4) is 11.1 Å². The Bertz CT molecular complexity index is 1240. The summed E-state index contributed by atoms with van der Waals surface area (Å²) in [6.45, 7) is 8.61. The predicted octanol–water partition coefficient (Wildman–Crippen LogP) is 5.50. The predicted molar refractivity (Wildman–Crippen MR) is 127 cm³/mol. The Hall–Kier alpha value is -2.86. The number of aromatic nitrogens is 1. The van der Waals surface area contributed by atoms with Crippen LogP contribution in [0.5, 0.6) is 0 Å². The molecule has 174 valence electrons.